The fraction of sp³-hybridized carbons (Fsp3) is 0.333. The molecule has 8 nitrogen and oxygen atoms in total. The van der Waals surface area contributed by atoms with Crippen LogP contribution in [0.1, 0.15) is 19.4 Å². The van der Waals surface area contributed by atoms with Crippen molar-refractivity contribution in [2.75, 3.05) is 0 Å². The third-order valence-corrected chi connectivity index (χ3v) is 3.04. The molecule has 1 atom stereocenters. The molecule has 0 radical (unpaired) electrons. The standard InChI is InChI=1S/C12H11N3O5/c1-8(16)12(2,7-13)6-9-3-4-10(14(17)18)5-11(9)15(19)20/h3-5H,6H2,1-2H3. The maximum Gasteiger partial charge on any atom is 0.279 e. The summed E-state index contributed by atoms with van der Waals surface area (Å²) in [6, 6.07) is 4.97. The molecule has 0 aliphatic carbocycles. The number of nitriles is 1. The molecule has 0 aliphatic heterocycles. The van der Waals surface area contributed by atoms with E-state index in [2.05, 4.69) is 0 Å². The van der Waals surface area contributed by atoms with Gasteiger partial charge in [0.15, 0.2) is 0 Å². The molecule has 0 saturated heterocycles. The number of carbonyl (C=O) groups is 1. The first-order valence-corrected chi connectivity index (χ1v) is 5.55. The van der Waals surface area contributed by atoms with Crippen LogP contribution < -0.4 is 0 Å². The van der Waals surface area contributed by atoms with Crippen molar-refractivity contribution in [2.24, 2.45) is 5.41 Å². The average Bonchev–Trinajstić information content (AvgIpc) is 2.38. The second-order valence-electron chi connectivity index (χ2n) is 4.50. The zero-order chi connectivity index (χ0) is 15.5. The lowest BCUT2D eigenvalue weighted by molar-refractivity contribution is -0.394. The minimum Gasteiger partial charge on any atom is -0.298 e. The van der Waals surface area contributed by atoms with Gasteiger partial charge in [-0.3, -0.25) is 25.0 Å². The molecule has 0 spiro atoms. The van der Waals surface area contributed by atoms with Crippen LogP contribution in [0, 0.1) is 37.0 Å². The first-order chi connectivity index (χ1) is 9.21. The summed E-state index contributed by atoms with van der Waals surface area (Å²) in [5.41, 5.74) is -2.18. The fourth-order valence-electron chi connectivity index (χ4n) is 1.61. The number of hydrogen-bond acceptors (Lipinski definition) is 6. The van der Waals surface area contributed by atoms with Crippen LogP contribution in [0.4, 0.5) is 11.4 Å². The van der Waals surface area contributed by atoms with E-state index in [1.807, 2.05) is 6.07 Å². The lowest BCUT2D eigenvalue weighted by Crippen LogP contribution is -2.26. The Hall–Kier alpha value is -2.82. The van der Waals surface area contributed by atoms with Crippen molar-refractivity contribution in [1.29, 1.82) is 5.26 Å². The molecule has 0 fully saturated rings. The highest BCUT2D eigenvalue weighted by Crippen LogP contribution is 2.31. The minimum atomic E-state index is -1.40. The van der Waals surface area contributed by atoms with Gasteiger partial charge in [0.05, 0.1) is 22.0 Å². The van der Waals surface area contributed by atoms with E-state index in [1.165, 1.54) is 19.9 Å². The van der Waals surface area contributed by atoms with Crippen LogP contribution in [-0.4, -0.2) is 15.6 Å². The predicted molar refractivity (Wildman–Crippen MR) is 67.9 cm³/mol. The van der Waals surface area contributed by atoms with Crippen molar-refractivity contribution in [3.8, 4) is 6.07 Å². The Morgan fingerprint density at radius 1 is 1.35 bits per heavy atom. The Bertz CT molecular complexity index is 634. The van der Waals surface area contributed by atoms with E-state index >= 15 is 0 Å². The van der Waals surface area contributed by atoms with Gasteiger partial charge in [-0.2, -0.15) is 5.26 Å². The van der Waals surface area contributed by atoms with Crippen LogP contribution in [0.15, 0.2) is 18.2 Å². The van der Waals surface area contributed by atoms with E-state index in [0.29, 0.717) is 0 Å². The summed E-state index contributed by atoms with van der Waals surface area (Å²) in [6.07, 6.45) is -0.173. The number of Topliss-reactive ketones (excluding diaryl/α,β-unsaturated/α-hetero) is 1. The van der Waals surface area contributed by atoms with Gasteiger partial charge in [0.2, 0.25) is 0 Å². The van der Waals surface area contributed by atoms with Crippen LogP contribution in [0.2, 0.25) is 0 Å². The number of hydrogen-bond donors (Lipinski definition) is 0. The van der Waals surface area contributed by atoms with Gasteiger partial charge in [-0.05, 0) is 19.9 Å². The van der Waals surface area contributed by atoms with Crippen LogP contribution in [0.3, 0.4) is 0 Å². The normalized spacial score (nSPS) is 13.1. The number of nitro benzene ring substituents is 2. The van der Waals surface area contributed by atoms with Crippen molar-refractivity contribution in [1.82, 2.24) is 0 Å². The third-order valence-electron chi connectivity index (χ3n) is 3.04. The van der Waals surface area contributed by atoms with Gasteiger partial charge in [0, 0.05) is 18.1 Å². The maximum atomic E-state index is 11.5. The molecule has 0 heterocycles. The first-order valence-electron chi connectivity index (χ1n) is 5.55. The third kappa shape index (κ3) is 2.95. The fourth-order valence-corrected chi connectivity index (χ4v) is 1.61. The Balaban J connectivity index is 3.33. The lowest BCUT2D eigenvalue weighted by Gasteiger charge is -2.17. The van der Waals surface area contributed by atoms with Crippen molar-refractivity contribution in [3.63, 3.8) is 0 Å². The maximum absolute atomic E-state index is 11.5. The molecule has 0 aromatic heterocycles. The number of ketones is 1. The average molecular weight is 277 g/mol. The number of carbonyl (C=O) groups excluding carboxylic acids is 1. The minimum absolute atomic E-state index is 0.111. The van der Waals surface area contributed by atoms with E-state index in [4.69, 9.17) is 5.26 Å². The molecule has 0 aliphatic rings. The second kappa shape index (κ2) is 5.44. The molecule has 1 aromatic rings. The summed E-state index contributed by atoms with van der Waals surface area (Å²) in [5, 5.41) is 30.6. The van der Waals surface area contributed by atoms with E-state index in [-0.39, 0.29) is 12.0 Å². The zero-order valence-corrected chi connectivity index (χ0v) is 10.8. The molecule has 0 N–H and O–H groups in total. The van der Waals surface area contributed by atoms with Gasteiger partial charge < -0.3 is 0 Å². The SMILES string of the molecule is CC(=O)C(C)(C#N)Cc1ccc([N+](=O)[O-])cc1[N+](=O)[O-]. The quantitative estimate of drug-likeness (QED) is 0.599. The molecule has 0 bridgehead atoms. The highest BCUT2D eigenvalue weighted by Gasteiger charge is 2.33. The van der Waals surface area contributed by atoms with Crippen molar-refractivity contribution < 1.29 is 14.6 Å². The molecular formula is C12H11N3O5. The Morgan fingerprint density at radius 3 is 2.35 bits per heavy atom. The number of non-ortho nitro benzene ring substituents is 1. The number of nitro groups is 2. The Morgan fingerprint density at radius 2 is 1.95 bits per heavy atom. The van der Waals surface area contributed by atoms with E-state index in [9.17, 15) is 25.0 Å². The summed E-state index contributed by atoms with van der Waals surface area (Å²) >= 11 is 0. The smallest absolute Gasteiger partial charge is 0.279 e. The Labute approximate surface area is 113 Å². The molecular weight excluding hydrogens is 266 g/mol. The summed E-state index contributed by atoms with van der Waals surface area (Å²) in [7, 11) is 0. The van der Waals surface area contributed by atoms with Gasteiger partial charge in [0.25, 0.3) is 11.4 Å². The molecule has 1 unspecified atom stereocenters. The molecule has 1 aromatic carbocycles. The van der Waals surface area contributed by atoms with E-state index in [1.54, 1.807) is 0 Å². The van der Waals surface area contributed by atoms with Crippen LogP contribution in [0.5, 0.6) is 0 Å². The summed E-state index contributed by atoms with van der Waals surface area (Å²) < 4.78 is 0. The Kier molecular flexibility index (Phi) is 4.14. The first kappa shape index (κ1) is 15.2. The van der Waals surface area contributed by atoms with Gasteiger partial charge in [-0.25, -0.2) is 0 Å². The van der Waals surface area contributed by atoms with Gasteiger partial charge in [-0.15, -0.1) is 0 Å². The van der Waals surface area contributed by atoms with Gasteiger partial charge >= 0.3 is 0 Å². The largest absolute Gasteiger partial charge is 0.298 e. The molecule has 104 valence electrons. The van der Waals surface area contributed by atoms with Gasteiger partial charge in [-0.1, -0.05) is 0 Å². The highest BCUT2D eigenvalue weighted by molar-refractivity contribution is 5.85. The number of benzene rings is 1. The molecule has 20 heavy (non-hydrogen) atoms. The summed E-state index contributed by atoms with van der Waals surface area (Å²) in [4.78, 5) is 31.5. The number of rotatable bonds is 5. The van der Waals surface area contributed by atoms with Crippen LogP contribution in [0.25, 0.3) is 0 Å². The molecule has 0 saturated carbocycles. The zero-order valence-electron chi connectivity index (χ0n) is 10.8. The summed E-state index contributed by atoms with van der Waals surface area (Å²) in [5.74, 6) is -0.423. The molecule has 8 heteroatoms. The second-order valence-corrected chi connectivity index (χ2v) is 4.50. The van der Waals surface area contributed by atoms with Crippen molar-refractivity contribution in [2.45, 2.75) is 20.3 Å². The number of nitrogens with zero attached hydrogens (tertiary/aromatic N) is 3. The van der Waals surface area contributed by atoms with E-state index in [0.717, 1.165) is 12.1 Å². The van der Waals surface area contributed by atoms with Crippen LogP contribution in [-0.2, 0) is 11.2 Å². The van der Waals surface area contributed by atoms with E-state index < -0.39 is 32.4 Å². The molecule has 1 rings (SSSR count). The molecule has 0 amide bonds. The highest BCUT2D eigenvalue weighted by atomic mass is 16.6. The lowest BCUT2D eigenvalue weighted by atomic mass is 9.81. The summed E-state index contributed by atoms with van der Waals surface area (Å²) in [6.45, 7) is 2.60. The monoisotopic (exact) mass is 277 g/mol. The van der Waals surface area contributed by atoms with Gasteiger partial charge in [0.1, 0.15) is 11.2 Å². The van der Waals surface area contributed by atoms with Crippen molar-refractivity contribution >= 4 is 17.2 Å². The topological polar surface area (TPSA) is 127 Å². The van der Waals surface area contributed by atoms with Crippen LogP contribution >= 0.6 is 0 Å². The predicted octanol–water partition coefficient (Wildman–Crippen LogP) is 2.16. The van der Waals surface area contributed by atoms with Crippen molar-refractivity contribution in [3.05, 3.63) is 44.0 Å².